The number of rotatable bonds is 5. The minimum absolute atomic E-state index is 0.128. The molecule has 2 aromatic rings. The number of hydrogen-bond donors (Lipinski definition) is 2. The number of halogens is 1. The molecule has 1 aromatic heterocycles. The number of hydrogen-bond acceptors (Lipinski definition) is 2. The van der Waals surface area contributed by atoms with Gasteiger partial charge in [-0.3, -0.25) is 9.59 Å². The molecular weight excluding hydrogens is 276 g/mol. The highest BCUT2D eigenvalue weighted by atomic mass is 35.5. The van der Waals surface area contributed by atoms with Gasteiger partial charge in [0, 0.05) is 23.0 Å². The van der Waals surface area contributed by atoms with Crippen LogP contribution in [0.3, 0.4) is 0 Å². The van der Waals surface area contributed by atoms with E-state index in [1.807, 2.05) is 0 Å². The fourth-order valence-corrected chi connectivity index (χ4v) is 2.21. The first kappa shape index (κ1) is 14.6. The molecule has 1 heterocycles. The number of amides is 1. The van der Waals surface area contributed by atoms with Gasteiger partial charge in [0.15, 0.2) is 0 Å². The Morgan fingerprint density at radius 2 is 2.15 bits per heavy atom. The summed E-state index contributed by atoms with van der Waals surface area (Å²) in [4.78, 5) is 26.9. The number of H-pyrrole nitrogens is 1. The Morgan fingerprint density at radius 1 is 1.35 bits per heavy atom. The van der Waals surface area contributed by atoms with Crippen molar-refractivity contribution in [1.29, 1.82) is 0 Å². The molecule has 0 saturated heterocycles. The van der Waals surface area contributed by atoms with Crippen molar-refractivity contribution in [2.45, 2.75) is 32.6 Å². The SMILES string of the molecule is CCCCCC(=O)Nc1c[nH]c2cc(Cl)ccc2c1=O. The number of unbranched alkanes of at least 4 members (excludes halogenated alkanes) is 2. The third kappa shape index (κ3) is 3.39. The molecule has 2 N–H and O–H groups in total. The Hall–Kier alpha value is -1.81. The van der Waals surface area contributed by atoms with E-state index in [1.165, 1.54) is 6.20 Å². The molecule has 0 saturated carbocycles. The zero-order valence-corrected chi connectivity index (χ0v) is 12.1. The summed E-state index contributed by atoms with van der Waals surface area (Å²) in [6.07, 6.45) is 4.86. The van der Waals surface area contributed by atoms with Crippen LogP contribution in [0, 0.1) is 0 Å². The summed E-state index contributed by atoms with van der Waals surface area (Å²) in [6.45, 7) is 2.08. The van der Waals surface area contributed by atoms with Gasteiger partial charge in [-0.25, -0.2) is 0 Å². The topological polar surface area (TPSA) is 62.0 Å². The van der Waals surface area contributed by atoms with Crippen molar-refractivity contribution >= 4 is 34.1 Å². The van der Waals surface area contributed by atoms with E-state index in [0.717, 1.165) is 19.3 Å². The molecule has 5 heteroatoms. The maximum atomic E-state index is 12.2. The van der Waals surface area contributed by atoms with Crippen LogP contribution in [0.15, 0.2) is 29.2 Å². The normalized spacial score (nSPS) is 10.7. The lowest BCUT2D eigenvalue weighted by molar-refractivity contribution is -0.116. The minimum Gasteiger partial charge on any atom is -0.359 e. The number of carbonyl (C=O) groups is 1. The first-order valence-electron chi connectivity index (χ1n) is 6.72. The standard InChI is InChI=1S/C15H17ClN2O2/c1-2-3-4-5-14(19)18-13-9-17-12-8-10(16)6-7-11(12)15(13)20/h6-9H,2-5H2,1H3,(H,17,20)(H,18,19). The van der Waals surface area contributed by atoms with E-state index in [4.69, 9.17) is 11.6 Å². The van der Waals surface area contributed by atoms with Gasteiger partial charge in [-0.1, -0.05) is 31.4 Å². The molecule has 1 aromatic carbocycles. The number of aromatic nitrogens is 1. The Bertz CT molecular complexity index is 679. The molecule has 0 aliphatic rings. The maximum absolute atomic E-state index is 12.2. The molecule has 0 fully saturated rings. The Morgan fingerprint density at radius 3 is 2.90 bits per heavy atom. The van der Waals surface area contributed by atoms with Gasteiger partial charge >= 0.3 is 0 Å². The van der Waals surface area contributed by atoms with Gasteiger partial charge in [0.2, 0.25) is 11.3 Å². The second-order valence-corrected chi connectivity index (χ2v) is 5.16. The predicted molar refractivity (Wildman–Crippen MR) is 82.4 cm³/mol. The van der Waals surface area contributed by atoms with Crippen LogP contribution in [0.2, 0.25) is 5.02 Å². The zero-order chi connectivity index (χ0) is 14.5. The van der Waals surface area contributed by atoms with E-state index in [9.17, 15) is 9.59 Å². The van der Waals surface area contributed by atoms with E-state index >= 15 is 0 Å². The zero-order valence-electron chi connectivity index (χ0n) is 11.3. The van der Waals surface area contributed by atoms with Crippen molar-refractivity contribution in [3.63, 3.8) is 0 Å². The van der Waals surface area contributed by atoms with Crippen molar-refractivity contribution in [3.05, 3.63) is 39.6 Å². The molecule has 2 rings (SSSR count). The van der Waals surface area contributed by atoms with Crippen molar-refractivity contribution in [3.8, 4) is 0 Å². The molecule has 0 aliphatic carbocycles. The second-order valence-electron chi connectivity index (χ2n) is 4.73. The molecule has 0 atom stereocenters. The summed E-state index contributed by atoms with van der Waals surface area (Å²) in [5.74, 6) is -0.128. The van der Waals surface area contributed by atoms with Crippen molar-refractivity contribution < 1.29 is 4.79 Å². The third-order valence-electron chi connectivity index (χ3n) is 3.12. The van der Waals surface area contributed by atoms with Gasteiger partial charge in [0.1, 0.15) is 5.69 Å². The van der Waals surface area contributed by atoms with E-state index < -0.39 is 0 Å². The Labute approximate surface area is 122 Å². The van der Waals surface area contributed by atoms with Crippen LogP contribution < -0.4 is 10.7 Å². The van der Waals surface area contributed by atoms with Gasteiger partial charge in [-0.2, -0.15) is 0 Å². The lowest BCUT2D eigenvalue weighted by Crippen LogP contribution is -2.18. The number of nitrogens with one attached hydrogen (secondary N) is 2. The smallest absolute Gasteiger partial charge is 0.224 e. The van der Waals surface area contributed by atoms with Crippen LogP contribution in [-0.4, -0.2) is 10.9 Å². The van der Waals surface area contributed by atoms with Crippen LogP contribution in [0.5, 0.6) is 0 Å². The van der Waals surface area contributed by atoms with E-state index in [-0.39, 0.29) is 17.0 Å². The molecule has 0 spiro atoms. The van der Waals surface area contributed by atoms with Gasteiger partial charge in [-0.05, 0) is 24.6 Å². The number of benzene rings is 1. The van der Waals surface area contributed by atoms with Crippen molar-refractivity contribution in [2.75, 3.05) is 5.32 Å². The Kier molecular flexibility index (Phi) is 4.79. The number of aromatic amines is 1. The average Bonchev–Trinajstić information content (AvgIpc) is 2.42. The van der Waals surface area contributed by atoms with E-state index in [0.29, 0.717) is 22.3 Å². The molecule has 0 unspecified atom stereocenters. The molecule has 20 heavy (non-hydrogen) atoms. The number of anilines is 1. The predicted octanol–water partition coefficient (Wildman–Crippen LogP) is 3.70. The molecule has 4 nitrogen and oxygen atoms in total. The van der Waals surface area contributed by atoms with E-state index in [1.54, 1.807) is 18.2 Å². The number of fused-ring (bicyclic) bond motifs is 1. The van der Waals surface area contributed by atoms with E-state index in [2.05, 4.69) is 17.2 Å². The largest absolute Gasteiger partial charge is 0.359 e. The fourth-order valence-electron chi connectivity index (χ4n) is 2.04. The van der Waals surface area contributed by atoms with Crippen LogP contribution in [-0.2, 0) is 4.79 Å². The molecule has 1 amide bonds. The fraction of sp³-hybridized carbons (Fsp3) is 0.333. The molecule has 0 bridgehead atoms. The van der Waals surface area contributed by atoms with Crippen molar-refractivity contribution in [1.82, 2.24) is 4.98 Å². The van der Waals surface area contributed by atoms with Crippen LogP contribution >= 0.6 is 11.6 Å². The Balaban J connectivity index is 2.19. The van der Waals surface area contributed by atoms with Crippen molar-refractivity contribution in [2.24, 2.45) is 0 Å². The summed E-state index contributed by atoms with van der Waals surface area (Å²) in [7, 11) is 0. The molecule has 0 radical (unpaired) electrons. The number of pyridine rings is 1. The monoisotopic (exact) mass is 292 g/mol. The van der Waals surface area contributed by atoms with Crippen LogP contribution in [0.1, 0.15) is 32.6 Å². The lowest BCUT2D eigenvalue weighted by Gasteiger charge is -2.06. The summed E-state index contributed by atoms with van der Waals surface area (Å²) >= 11 is 5.87. The minimum atomic E-state index is -0.195. The van der Waals surface area contributed by atoms with Crippen LogP contribution in [0.25, 0.3) is 10.9 Å². The average molecular weight is 293 g/mol. The van der Waals surface area contributed by atoms with Gasteiger partial charge < -0.3 is 10.3 Å². The van der Waals surface area contributed by atoms with Gasteiger partial charge in [0.25, 0.3) is 0 Å². The summed E-state index contributed by atoms with van der Waals surface area (Å²) in [6, 6.07) is 5.00. The molecule has 106 valence electrons. The number of carbonyl (C=O) groups excluding carboxylic acids is 1. The van der Waals surface area contributed by atoms with Gasteiger partial charge in [0.05, 0.1) is 5.52 Å². The maximum Gasteiger partial charge on any atom is 0.224 e. The highest BCUT2D eigenvalue weighted by Crippen LogP contribution is 2.16. The molecule has 0 aliphatic heterocycles. The first-order valence-corrected chi connectivity index (χ1v) is 7.10. The van der Waals surface area contributed by atoms with Gasteiger partial charge in [-0.15, -0.1) is 0 Å². The second kappa shape index (κ2) is 6.57. The molecular formula is C15H17ClN2O2. The first-order chi connectivity index (χ1) is 9.61. The quantitative estimate of drug-likeness (QED) is 0.825. The van der Waals surface area contributed by atoms with Crippen LogP contribution in [0.4, 0.5) is 5.69 Å². The lowest BCUT2D eigenvalue weighted by atomic mass is 10.2. The highest BCUT2D eigenvalue weighted by molar-refractivity contribution is 6.31. The third-order valence-corrected chi connectivity index (χ3v) is 3.36. The highest BCUT2D eigenvalue weighted by Gasteiger charge is 2.08. The summed E-state index contributed by atoms with van der Waals surface area (Å²) in [5, 5.41) is 3.73. The summed E-state index contributed by atoms with van der Waals surface area (Å²) in [5.41, 5.74) is 0.743. The summed E-state index contributed by atoms with van der Waals surface area (Å²) < 4.78 is 0.